The van der Waals surface area contributed by atoms with Crippen LogP contribution in [0.5, 0.6) is 0 Å². The van der Waals surface area contributed by atoms with Crippen LogP contribution in [0.3, 0.4) is 0 Å². The minimum absolute atomic E-state index is 0.0514. The monoisotopic (exact) mass is 378 g/mol. The molecule has 2 aromatic rings. The molecular formula is C13H12SeTe. The number of hydrogen-bond donors (Lipinski definition) is 0. The van der Waals surface area contributed by atoms with Crippen LogP contribution < -0.4 is 8.07 Å². The van der Waals surface area contributed by atoms with Gasteiger partial charge in [0.25, 0.3) is 0 Å². The number of benzene rings is 2. The van der Waals surface area contributed by atoms with Crippen molar-refractivity contribution in [2.75, 3.05) is 0 Å². The third kappa shape index (κ3) is 4.01. The van der Waals surface area contributed by atoms with Crippen LogP contribution in [-0.2, 0) is 0 Å². The van der Waals surface area contributed by atoms with Gasteiger partial charge in [-0.2, -0.15) is 0 Å². The van der Waals surface area contributed by atoms with Crippen LogP contribution in [0.4, 0.5) is 0 Å². The Hall–Kier alpha value is -0.251. The number of rotatable bonds is 4. The van der Waals surface area contributed by atoms with Crippen molar-refractivity contribution in [3.05, 3.63) is 60.7 Å². The third-order valence-electron chi connectivity index (χ3n) is 1.94. The van der Waals surface area contributed by atoms with Gasteiger partial charge in [0.2, 0.25) is 0 Å². The summed E-state index contributed by atoms with van der Waals surface area (Å²) >= 11 is 0.731. The van der Waals surface area contributed by atoms with Crippen molar-refractivity contribution in [1.82, 2.24) is 0 Å². The van der Waals surface area contributed by atoms with Gasteiger partial charge in [-0.3, -0.25) is 0 Å². The predicted octanol–water partition coefficient (Wildman–Crippen LogP) is 1.42. The molecular weight excluding hydrogens is 363 g/mol. The fraction of sp³-hybridized carbons (Fsp3) is 0.0769. The van der Waals surface area contributed by atoms with Crippen LogP contribution in [0, 0.1) is 0 Å². The standard InChI is InChI=1S/C13H12SeTe/c1-3-7-12(8-4-1)14-11-15-13-9-5-2-6-10-13/h1-10H,11H2. The molecule has 15 heavy (non-hydrogen) atoms. The molecule has 76 valence electrons. The quantitative estimate of drug-likeness (QED) is 0.710. The summed E-state index contributed by atoms with van der Waals surface area (Å²) in [6.07, 6.45) is 0. The van der Waals surface area contributed by atoms with Gasteiger partial charge in [0.05, 0.1) is 0 Å². The normalized spacial score (nSPS) is 10.1. The number of hydrogen-bond acceptors (Lipinski definition) is 0. The second-order valence-electron chi connectivity index (χ2n) is 3.03. The summed E-state index contributed by atoms with van der Waals surface area (Å²) in [5.41, 5.74) is 0. The van der Waals surface area contributed by atoms with Gasteiger partial charge in [-0.1, -0.05) is 0 Å². The van der Waals surface area contributed by atoms with E-state index in [0.29, 0.717) is 15.0 Å². The Balaban J connectivity index is 1.81. The molecule has 0 aliphatic carbocycles. The maximum atomic E-state index is 2.27. The van der Waals surface area contributed by atoms with Gasteiger partial charge in [0.15, 0.2) is 0 Å². The molecule has 0 aromatic heterocycles. The van der Waals surface area contributed by atoms with E-state index >= 15 is 0 Å². The zero-order valence-corrected chi connectivity index (χ0v) is 12.3. The average Bonchev–Trinajstić information content (AvgIpc) is 2.32. The molecule has 2 rings (SSSR count). The van der Waals surface area contributed by atoms with Crippen molar-refractivity contribution in [2.45, 2.75) is 3.37 Å². The van der Waals surface area contributed by atoms with Gasteiger partial charge < -0.3 is 0 Å². The Morgan fingerprint density at radius 3 is 2.07 bits per heavy atom. The maximum absolute atomic E-state index is 2.27. The Morgan fingerprint density at radius 2 is 1.40 bits per heavy atom. The summed E-state index contributed by atoms with van der Waals surface area (Å²) < 4.78 is 4.54. The van der Waals surface area contributed by atoms with Crippen LogP contribution in [-0.4, -0.2) is 35.9 Å². The topological polar surface area (TPSA) is 0 Å². The Bertz CT molecular complexity index is 346. The Labute approximate surface area is 107 Å². The molecule has 2 aromatic carbocycles. The molecule has 0 amide bonds. The van der Waals surface area contributed by atoms with Crippen molar-refractivity contribution in [3.8, 4) is 0 Å². The summed E-state index contributed by atoms with van der Waals surface area (Å²) in [5, 5.41) is 0. The van der Waals surface area contributed by atoms with Crippen molar-refractivity contribution in [3.63, 3.8) is 0 Å². The minimum atomic E-state index is 0.0514. The molecule has 0 heterocycles. The summed E-state index contributed by atoms with van der Waals surface area (Å²) in [7, 11) is 0. The molecule has 0 bridgehead atoms. The molecule has 0 aliphatic rings. The van der Waals surface area contributed by atoms with E-state index in [9.17, 15) is 0 Å². The SMILES string of the molecule is c1ccc([Se]C[Te]c2ccccc2)cc1. The van der Waals surface area contributed by atoms with Crippen LogP contribution in [0.1, 0.15) is 0 Å². The molecule has 0 atom stereocenters. The molecule has 2 heteroatoms. The first-order valence-electron chi connectivity index (χ1n) is 4.81. The van der Waals surface area contributed by atoms with Crippen molar-refractivity contribution < 1.29 is 0 Å². The molecule has 0 nitrogen and oxygen atoms in total. The van der Waals surface area contributed by atoms with Crippen molar-refractivity contribution in [2.24, 2.45) is 0 Å². The van der Waals surface area contributed by atoms with E-state index in [0.717, 1.165) is 0 Å². The van der Waals surface area contributed by atoms with Gasteiger partial charge in [-0.05, 0) is 0 Å². The second-order valence-corrected chi connectivity index (χ2v) is 10.8. The first-order chi connectivity index (χ1) is 7.45. The summed E-state index contributed by atoms with van der Waals surface area (Å²) in [6, 6.07) is 21.8. The van der Waals surface area contributed by atoms with E-state index in [-0.39, 0.29) is 20.9 Å². The van der Waals surface area contributed by atoms with Crippen LogP contribution in [0.2, 0.25) is 3.37 Å². The van der Waals surface area contributed by atoms with E-state index in [4.69, 9.17) is 0 Å². The average molecular weight is 375 g/mol. The third-order valence-corrected chi connectivity index (χ3v) is 8.93. The van der Waals surface area contributed by atoms with E-state index in [2.05, 4.69) is 60.7 Å². The zero-order chi connectivity index (χ0) is 10.3. The van der Waals surface area contributed by atoms with Crippen LogP contribution in [0.25, 0.3) is 0 Å². The molecule has 0 fully saturated rings. The van der Waals surface area contributed by atoms with E-state index < -0.39 is 0 Å². The Kier molecular flexibility index (Phi) is 4.76. The van der Waals surface area contributed by atoms with Crippen LogP contribution in [0.15, 0.2) is 60.7 Å². The van der Waals surface area contributed by atoms with Gasteiger partial charge in [-0.25, -0.2) is 0 Å². The molecule has 0 unspecified atom stereocenters. The first-order valence-corrected chi connectivity index (χ1v) is 9.69. The fourth-order valence-electron chi connectivity index (χ4n) is 1.20. The molecule has 0 radical (unpaired) electrons. The van der Waals surface area contributed by atoms with E-state index in [1.807, 2.05) is 0 Å². The molecule has 0 N–H and O–H groups in total. The fourth-order valence-corrected chi connectivity index (χ4v) is 8.54. The Morgan fingerprint density at radius 1 is 0.800 bits per heavy atom. The molecule has 0 saturated carbocycles. The van der Waals surface area contributed by atoms with Crippen molar-refractivity contribution in [1.29, 1.82) is 0 Å². The molecule has 0 saturated heterocycles. The molecule has 0 spiro atoms. The van der Waals surface area contributed by atoms with Gasteiger partial charge in [0.1, 0.15) is 0 Å². The summed E-state index contributed by atoms with van der Waals surface area (Å²) in [4.78, 5) is 0. The van der Waals surface area contributed by atoms with Gasteiger partial charge in [-0.15, -0.1) is 0 Å². The second kappa shape index (κ2) is 6.36. The van der Waals surface area contributed by atoms with Crippen LogP contribution >= 0.6 is 0 Å². The predicted molar refractivity (Wildman–Crippen MR) is 68.5 cm³/mol. The van der Waals surface area contributed by atoms with Gasteiger partial charge in [0, 0.05) is 0 Å². The summed E-state index contributed by atoms with van der Waals surface area (Å²) in [6.45, 7) is 0. The van der Waals surface area contributed by atoms with E-state index in [1.165, 1.54) is 7.83 Å². The first kappa shape index (κ1) is 11.2. The van der Waals surface area contributed by atoms with Crippen molar-refractivity contribution >= 4 is 44.0 Å². The zero-order valence-electron chi connectivity index (χ0n) is 8.30. The van der Waals surface area contributed by atoms with E-state index in [1.54, 1.807) is 3.61 Å². The van der Waals surface area contributed by atoms with Gasteiger partial charge >= 0.3 is 108 Å². The molecule has 0 aliphatic heterocycles. The summed E-state index contributed by atoms with van der Waals surface area (Å²) in [5.74, 6) is 0.